The van der Waals surface area contributed by atoms with Crippen LogP contribution in [0.3, 0.4) is 0 Å². The molecule has 3 nitrogen and oxygen atoms in total. The molecule has 0 spiro atoms. The van der Waals surface area contributed by atoms with Gasteiger partial charge in [-0.1, -0.05) is 45.9 Å². The van der Waals surface area contributed by atoms with Crippen LogP contribution >= 0.6 is 12.2 Å². The van der Waals surface area contributed by atoms with Gasteiger partial charge in [-0.3, -0.25) is 4.79 Å². The van der Waals surface area contributed by atoms with Crippen LogP contribution in [-0.4, -0.2) is 11.0 Å². The first-order valence-electron chi connectivity index (χ1n) is 6.05. The topological polar surface area (TPSA) is 41.1 Å². The third-order valence-electron chi connectivity index (χ3n) is 2.55. The van der Waals surface area contributed by atoms with Crippen molar-refractivity contribution in [3.05, 3.63) is 29.8 Å². The maximum Gasteiger partial charge on any atom is 0.231 e. The first-order valence-corrected chi connectivity index (χ1v) is 6.45. The summed E-state index contributed by atoms with van der Waals surface area (Å²) in [5.74, 6) is -0.0889. The zero-order valence-electron chi connectivity index (χ0n) is 11.3. The summed E-state index contributed by atoms with van der Waals surface area (Å²) in [5.41, 5.74) is 1.67. The van der Waals surface area contributed by atoms with Gasteiger partial charge in [-0.25, -0.2) is 0 Å². The Morgan fingerprint density at radius 3 is 2.44 bits per heavy atom. The van der Waals surface area contributed by atoms with Crippen LogP contribution in [0.25, 0.3) is 0 Å². The van der Waals surface area contributed by atoms with Crippen molar-refractivity contribution >= 4 is 28.9 Å². The van der Waals surface area contributed by atoms with Gasteiger partial charge in [0.1, 0.15) is 0 Å². The zero-order valence-corrected chi connectivity index (χ0v) is 12.1. The van der Waals surface area contributed by atoms with E-state index < -0.39 is 5.41 Å². The highest BCUT2D eigenvalue weighted by Crippen LogP contribution is 2.16. The Kier molecular flexibility index (Phi) is 4.84. The molecule has 0 heterocycles. The fourth-order valence-electron chi connectivity index (χ4n) is 1.39. The van der Waals surface area contributed by atoms with Gasteiger partial charge < -0.3 is 10.6 Å². The minimum absolute atomic E-state index is 0.0889. The molecule has 2 N–H and O–H groups in total. The summed E-state index contributed by atoms with van der Waals surface area (Å²) in [6.07, 6.45) is 0.916. The Bertz CT molecular complexity index is 449. The summed E-state index contributed by atoms with van der Waals surface area (Å²) in [7, 11) is 0. The third-order valence-corrected chi connectivity index (χ3v) is 2.76. The average Bonchev–Trinajstić information content (AvgIpc) is 2.28. The molecule has 0 saturated heterocycles. The van der Waals surface area contributed by atoms with Crippen molar-refractivity contribution in [2.75, 3.05) is 5.32 Å². The predicted molar refractivity (Wildman–Crippen MR) is 79.6 cm³/mol. The fourth-order valence-corrected chi connectivity index (χ4v) is 1.60. The van der Waals surface area contributed by atoms with Gasteiger partial charge in [0.15, 0.2) is 5.11 Å². The highest BCUT2D eigenvalue weighted by molar-refractivity contribution is 7.80. The summed E-state index contributed by atoms with van der Waals surface area (Å²) < 4.78 is 0. The van der Waals surface area contributed by atoms with Gasteiger partial charge in [0, 0.05) is 11.1 Å². The molecular formula is C14H20N2OS. The van der Waals surface area contributed by atoms with Gasteiger partial charge in [0.05, 0.1) is 0 Å². The molecule has 0 aliphatic heterocycles. The minimum Gasteiger partial charge on any atom is -0.332 e. The first kappa shape index (κ1) is 14.6. The smallest absolute Gasteiger partial charge is 0.231 e. The highest BCUT2D eigenvalue weighted by Gasteiger charge is 2.22. The molecule has 0 fully saturated rings. The Morgan fingerprint density at radius 1 is 1.28 bits per heavy atom. The monoisotopic (exact) mass is 264 g/mol. The SMILES string of the molecule is CCc1ccccc1NC(=S)NC(=O)C(C)(C)C. The lowest BCUT2D eigenvalue weighted by Gasteiger charge is -2.19. The van der Waals surface area contributed by atoms with Crippen molar-refractivity contribution in [1.29, 1.82) is 0 Å². The molecule has 1 aromatic rings. The van der Waals surface area contributed by atoms with E-state index in [0.29, 0.717) is 5.11 Å². The van der Waals surface area contributed by atoms with Crippen LogP contribution in [0, 0.1) is 5.41 Å². The molecule has 18 heavy (non-hydrogen) atoms. The first-order chi connectivity index (χ1) is 8.34. The van der Waals surface area contributed by atoms with E-state index >= 15 is 0 Å². The standard InChI is InChI=1S/C14H20N2OS/c1-5-10-8-6-7-9-11(10)15-13(18)16-12(17)14(2,3)4/h6-9H,5H2,1-4H3,(H2,15,16,17,18). The van der Waals surface area contributed by atoms with Gasteiger partial charge >= 0.3 is 0 Å². The normalized spacial score (nSPS) is 10.9. The second-order valence-corrected chi connectivity index (χ2v) is 5.58. The number of nitrogens with one attached hydrogen (secondary N) is 2. The molecule has 0 saturated carbocycles. The van der Waals surface area contributed by atoms with Crippen LogP contribution in [0.2, 0.25) is 0 Å². The summed E-state index contributed by atoms with van der Waals surface area (Å²) in [5, 5.41) is 6.11. The van der Waals surface area contributed by atoms with Crippen LogP contribution in [0.1, 0.15) is 33.3 Å². The summed E-state index contributed by atoms with van der Waals surface area (Å²) >= 11 is 5.15. The lowest BCUT2D eigenvalue weighted by molar-refractivity contribution is -0.126. The minimum atomic E-state index is -0.448. The number of para-hydroxylation sites is 1. The molecule has 1 rings (SSSR count). The Labute approximate surface area is 114 Å². The van der Waals surface area contributed by atoms with Gasteiger partial charge in [0.2, 0.25) is 5.91 Å². The molecule has 1 amide bonds. The number of carbonyl (C=O) groups is 1. The molecule has 0 bridgehead atoms. The largest absolute Gasteiger partial charge is 0.332 e. The lowest BCUT2D eigenvalue weighted by atomic mass is 9.96. The molecule has 0 aromatic heterocycles. The van der Waals surface area contributed by atoms with E-state index in [1.807, 2.05) is 45.0 Å². The van der Waals surface area contributed by atoms with E-state index in [-0.39, 0.29) is 5.91 Å². The maximum atomic E-state index is 11.8. The van der Waals surface area contributed by atoms with Crippen molar-refractivity contribution in [2.45, 2.75) is 34.1 Å². The van der Waals surface area contributed by atoms with E-state index in [1.165, 1.54) is 5.56 Å². The maximum absolute atomic E-state index is 11.8. The molecule has 1 aromatic carbocycles. The molecule has 0 aliphatic carbocycles. The van der Waals surface area contributed by atoms with Gasteiger partial charge in [-0.15, -0.1) is 0 Å². The molecular weight excluding hydrogens is 244 g/mol. The van der Waals surface area contributed by atoms with Crippen molar-refractivity contribution in [2.24, 2.45) is 5.41 Å². The summed E-state index contributed by atoms with van der Waals surface area (Å²) in [4.78, 5) is 11.8. The van der Waals surface area contributed by atoms with Crippen LogP contribution in [0.15, 0.2) is 24.3 Å². The Hall–Kier alpha value is -1.42. The molecule has 4 heteroatoms. The number of hydrogen-bond acceptors (Lipinski definition) is 2. The number of aryl methyl sites for hydroxylation is 1. The van der Waals surface area contributed by atoms with Gasteiger partial charge in [0.25, 0.3) is 0 Å². The zero-order chi connectivity index (χ0) is 13.8. The number of benzene rings is 1. The van der Waals surface area contributed by atoms with Crippen molar-refractivity contribution in [3.8, 4) is 0 Å². The molecule has 0 radical (unpaired) electrons. The summed E-state index contributed by atoms with van der Waals surface area (Å²) in [6, 6.07) is 7.92. The number of carbonyl (C=O) groups excluding carboxylic acids is 1. The summed E-state index contributed by atoms with van der Waals surface area (Å²) in [6.45, 7) is 7.64. The van der Waals surface area contributed by atoms with Crippen LogP contribution < -0.4 is 10.6 Å². The van der Waals surface area contributed by atoms with Crippen LogP contribution in [-0.2, 0) is 11.2 Å². The number of rotatable bonds is 2. The van der Waals surface area contributed by atoms with E-state index in [1.54, 1.807) is 0 Å². The lowest BCUT2D eigenvalue weighted by Crippen LogP contribution is -2.41. The van der Waals surface area contributed by atoms with E-state index in [4.69, 9.17) is 12.2 Å². The number of hydrogen-bond donors (Lipinski definition) is 2. The van der Waals surface area contributed by atoms with Gasteiger partial charge in [-0.2, -0.15) is 0 Å². The second kappa shape index (κ2) is 5.96. The van der Waals surface area contributed by atoms with Crippen molar-refractivity contribution in [3.63, 3.8) is 0 Å². The molecule has 98 valence electrons. The Morgan fingerprint density at radius 2 is 1.89 bits per heavy atom. The van der Waals surface area contributed by atoms with Gasteiger partial charge in [-0.05, 0) is 30.3 Å². The molecule has 0 unspecified atom stereocenters. The Balaban J connectivity index is 2.68. The quantitative estimate of drug-likeness (QED) is 0.806. The van der Waals surface area contributed by atoms with Crippen LogP contribution in [0.5, 0.6) is 0 Å². The average molecular weight is 264 g/mol. The van der Waals surface area contributed by atoms with Crippen molar-refractivity contribution < 1.29 is 4.79 Å². The molecule has 0 aliphatic rings. The predicted octanol–water partition coefficient (Wildman–Crippen LogP) is 3.11. The van der Waals surface area contributed by atoms with E-state index in [0.717, 1.165) is 12.1 Å². The highest BCUT2D eigenvalue weighted by atomic mass is 32.1. The fraction of sp³-hybridized carbons (Fsp3) is 0.429. The van der Waals surface area contributed by atoms with E-state index in [9.17, 15) is 4.79 Å². The van der Waals surface area contributed by atoms with Crippen molar-refractivity contribution in [1.82, 2.24) is 5.32 Å². The number of amides is 1. The van der Waals surface area contributed by atoms with E-state index in [2.05, 4.69) is 17.6 Å². The number of anilines is 1. The third kappa shape index (κ3) is 4.11. The number of thiocarbonyl (C=S) groups is 1. The molecule has 0 atom stereocenters. The van der Waals surface area contributed by atoms with Crippen LogP contribution in [0.4, 0.5) is 5.69 Å². The second-order valence-electron chi connectivity index (χ2n) is 5.17.